The Labute approximate surface area is 121 Å². The molecule has 1 amide bonds. The fourth-order valence-corrected chi connectivity index (χ4v) is 2.15. The van der Waals surface area contributed by atoms with Gasteiger partial charge in [0.05, 0.1) is 17.8 Å². The van der Waals surface area contributed by atoms with Crippen molar-refractivity contribution in [2.75, 3.05) is 26.0 Å². The van der Waals surface area contributed by atoms with Gasteiger partial charge in [0, 0.05) is 17.1 Å². The molecule has 0 fully saturated rings. The third-order valence-corrected chi connectivity index (χ3v) is 3.09. The minimum atomic E-state index is -0.0969. The van der Waals surface area contributed by atoms with Gasteiger partial charge in [-0.05, 0) is 32.3 Å². The molecule has 0 aliphatic heterocycles. The molecule has 0 radical (unpaired) electrons. The third-order valence-electron chi connectivity index (χ3n) is 3.09. The summed E-state index contributed by atoms with van der Waals surface area (Å²) < 4.78 is 0. The number of H-pyrrole nitrogens is 2. The summed E-state index contributed by atoms with van der Waals surface area (Å²) in [6.07, 6.45) is 1.70. The number of aromatic amines is 2. The molecule has 0 spiro atoms. The van der Waals surface area contributed by atoms with Crippen LogP contribution in [0.5, 0.6) is 0 Å². The van der Waals surface area contributed by atoms with Crippen molar-refractivity contribution in [3.63, 3.8) is 0 Å². The molecule has 3 N–H and O–H groups in total. The number of hydrogen-bond donors (Lipinski definition) is 3. The molecule has 2 heterocycles. The summed E-state index contributed by atoms with van der Waals surface area (Å²) in [5.74, 6) is 0.443. The first kappa shape index (κ1) is 13.3. The summed E-state index contributed by atoms with van der Waals surface area (Å²) in [6, 6.07) is 7.77. The Morgan fingerprint density at radius 3 is 2.86 bits per heavy atom. The smallest absolute Gasteiger partial charge is 0.239 e. The number of nitrogens with one attached hydrogen (secondary N) is 3. The van der Waals surface area contributed by atoms with Crippen LogP contribution in [0, 0.1) is 0 Å². The summed E-state index contributed by atoms with van der Waals surface area (Å²) >= 11 is 0. The van der Waals surface area contributed by atoms with E-state index in [1.54, 1.807) is 11.1 Å². The highest BCUT2D eigenvalue weighted by molar-refractivity contribution is 6.01. The number of benzene rings is 1. The lowest BCUT2D eigenvalue weighted by Crippen LogP contribution is -2.27. The molecule has 2 aromatic heterocycles. The van der Waals surface area contributed by atoms with Crippen LogP contribution >= 0.6 is 0 Å². The van der Waals surface area contributed by atoms with E-state index < -0.39 is 0 Å². The van der Waals surface area contributed by atoms with Gasteiger partial charge in [0.25, 0.3) is 0 Å². The Hall–Kier alpha value is -2.67. The van der Waals surface area contributed by atoms with Crippen LogP contribution in [0.15, 0.2) is 30.5 Å². The third kappa shape index (κ3) is 2.77. The average Bonchev–Trinajstić information content (AvgIpc) is 3.07. The van der Waals surface area contributed by atoms with E-state index in [0.29, 0.717) is 12.4 Å². The summed E-state index contributed by atoms with van der Waals surface area (Å²) in [5, 5.41) is 17.6. The molecule has 0 aliphatic carbocycles. The Bertz CT molecular complexity index is 759. The molecule has 0 bridgehead atoms. The summed E-state index contributed by atoms with van der Waals surface area (Å²) in [4.78, 5) is 13.7. The normalized spacial score (nSPS) is 11.2. The lowest BCUT2D eigenvalue weighted by Gasteiger charge is -2.08. The van der Waals surface area contributed by atoms with Crippen molar-refractivity contribution in [1.29, 1.82) is 0 Å². The maximum absolute atomic E-state index is 11.9. The first-order valence-corrected chi connectivity index (χ1v) is 6.56. The van der Waals surface area contributed by atoms with Gasteiger partial charge in [-0.15, -0.1) is 0 Å². The quantitative estimate of drug-likeness (QED) is 0.676. The van der Waals surface area contributed by atoms with Crippen LogP contribution in [0.4, 0.5) is 5.82 Å². The summed E-state index contributed by atoms with van der Waals surface area (Å²) in [7, 11) is 3.69. The minimum Gasteiger partial charge on any atom is -0.308 e. The van der Waals surface area contributed by atoms with Crippen LogP contribution in [0.1, 0.15) is 0 Å². The highest BCUT2D eigenvalue weighted by atomic mass is 16.2. The maximum atomic E-state index is 11.9. The van der Waals surface area contributed by atoms with Gasteiger partial charge in [-0.3, -0.25) is 15.0 Å². The van der Waals surface area contributed by atoms with E-state index in [4.69, 9.17) is 0 Å². The van der Waals surface area contributed by atoms with E-state index in [0.717, 1.165) is 22.2 Å². The van der Waals surface area contributed by atoms with Crippen LogP contribution in [0.25, 0.3) is 22.2 Å². The standard InChI is InChI=1S/C14H16N6O/c1-20(2)8-13(21)16-14-10-7-9(11-5-6-15-17-11)3-4-12(10)18-19-14/h3-7H,8H2,1-2H3,(H,15,17)(H2,16,18,19,21). The maximum Gasteiger partial charge on any atom is 0.239 e. The van der Waals surface area contributed by atoms with Gasteiger partial charge in [0.2, 0.25) is 5.91 Å². The molecule has 0 aliphatic rings. The number of anilines is 1. The Morgan fingerprint density at radius 1 is 1.29 bits per heavy atom. The zero-order valence-corrected chi connectivity index (χ0v) is 11.8. The molecule has 7 heteroatoms. The molecular formula is C14H16N6O. The monoisotopic (exact) mass is 284 g/mol. The highest BCUT2D eigenvalue weighted by Crippen LogP contribution is 2.26. The number of likely N-dealkylation sites (N-methyl/N-ethyl adjacent to an activating group) is 1. The zero-order chi connectivity index (χ0) is 14.8. The number of amides is 1. The molecule has 1 aromatic carbocycles. The Balaban J connectivity index is 1.93. The number of aromatic nitrogens is 4. The second-order valence-electron chi connectivity index (χ2n) is 5.09. The van der Waals surface area contributed by atoms with Crippen molar-refractivity contribution >= 4 is 22.6 Å². The predicted octanol–water partition coefficient (Wildman–Crippen LogP) is 1.45. The molecule has 7 nitrogen and oxygen atoms in total. The van der Waals surface area contributed by atoms with Crippen LogP contribution in [-0.4, -0.2) is 51.8 Å². The van der Waals surface area contributed by atoms with E-state index in [2.05, 4.69) is 25.7 Å². The number of rotatable bonds is 4. The minimum absolute atomic E-state index is 0.0969. The number of carbonyl (C=O) groups excluding carboxylic acids is 1. The summed E-state index contributed by atoms with van der Waals surface area (Å²) in [5.41, 5.74) is 2.78. The largest absolute Gasteiger partial charge is 0.308 e. The lowest BCUT2D eigenvalue weighted by atomic mass is 10.1. The van der Waals surface area contributed by atoms with Crippen molar-refractivity contribution in [1.82, 2.24) is 25.3 Å². The zero-order valence-electron chi connectivity index (χ0n) is 11.8. The molecule has 0 saturated heterocycles. The van der Waals surface area contributed by atoms with Gasteiger partial charge in [-0.2, -0.15) is 10.2 Å². The SMILES string of the molecule is CN(C)CC(=O)Nc1n[nH]c2ccc(-c3ccn[nH]3)cc12. The lowest BCUT2D eigenvalue weighted by molar-refractivity contribution is -0.116. The molecule has 108 valence electrons. The first-order chi connectivity index (χ1) is 10.1. The molecule has 21 heavy (non-hydrogen) atoms. The van der Waals surface area contributed by atoms with E-state index in [9.17, 15) is 4.79 Å². The second kappa shape index (κ2) is 5.37. The van der Waals surface area contributed by atoms with Crippen LogP contribution in [-0.2, 0) is 4.79 Å². The van der Waals surface area contributed by atoms with Crippen molar-refractivity contribution in [3.8, 4) is 11.3 Å². The van der Waals surface area contributed by atoms with Crippen LogP contribution in [0.3, 0.4) is 0 Å². The van der Waals surface area contributed by atoms with Gasteiger partial charge < -0.3 is 10.2 Å². The van der Waals surface area contributed by atoms with Crippen molar-refractivity contribution in [2.45, 2.75) is 0 Å². The number of fused-ring (bicyclic) bond motifs is 1. The van der Waals surface area contributed by atoms with E-state index in [1.807, 2.05) is 38.4 Å². The molecule has 0 saturated carbocycles. The Morgan fingerprint density at radius 2 is 2.14 bits per heavy atom. The molecule has 0 unspecified atom stereocenters. The first-order valence-electron chi connectivity index (χ1n) is 6.56. The Kier molecular flexibility index (Phi) is 3.41. The van der Waals surface area contributed by atoms with Crippen LogP contribution in [0.2, 0.25) is 0 Å². The number of nitrogens with zero attached hydrogens (tertiary/aromatic N) is 3. The highest BCUT2D eigenvalue weighted by Gasteiger charge is 2.11. The van der Waals surface area contributed by atoms with Crippen molar-refractivity contribution in [2.24, 2.45) is 0 Å². The fourth-order valence-electron chi connectivity index (χ4n) is 2.15. The van der Waals surface area contributed by atoms with Gasteiger partial charge in [0.1, 0.15) is 0 Å². The fraction of sp³-hybridized carbons (Fsp3) is 0.214. The molecular weight excluding hydrogens is 268 g/mol. The predicted molar refractivity (Wildman–Crippen MR) is 80.9 cm³/mol. The summed E-state index contributed by atoms with van der Waals surface area (Å²) in [6.45, 7) is 0.314. The van der Waals surface area contributed by atoms with Gasteiger partial charge in [-0.1, -0.05) is 6.07 Å². The number of carbonyl (C=O) groups is 1. The topological polar surface area (TPSA) is 89.7 Å². The van der Waals surface area contributed by atoms with E-state index in [-0.39, 0.29) is 5.91 Å². The second-order valence-corrected chi connectivity index (χ2v) is 5.09. The van der Waals surface area contributed by atoms with Gasteiger partial charge in [-0.25, -0.2) is 0 Å². The molecule has 3 aromatic rings. The molecule has 0 atom stereocenters. The van der Waals surface area contributed by atoms with Crippen molar-refractivity contribution in [3.05, 3.63) is 30.5 Å². The van der Waals surface area contributed by atoms with Gasteiger partial charge in [0.15, 0.2) is 5.82 Å². The van der Waals surface area contributed by atoms with Gasteiger partial charge >= 0.3 is 0 Å². The van der Waals surface area contributed by atoms with E-state index >= 15 is 0 Å². The van der Waals surface area contributed by atoms with E-state index in [1.165, 1.54) is 0 Å². The van der Waals surface area contributed by atoms with Crippen molar-refractivity contribution < 1.29 is 4.79 Å². The molecule has 3 rings (SSSR count). The average molecular weight is 284 g/mol. The number of hydrogen-bond acceptors (Lipinski definition) is 4. The van der Waals surface area contributed by atoms with Crippen LogP contribution < -0.4 is 5.32 Å².